The molecule has 118 valence electrons. The minimum absolute atomic E-state index is 0.104. The summed E-state index contributed by atoms with van der Waals surface area (Å²) in [6.45, 7) is 1.56. The molecule has 4 nitrogen and oxygen atoms in total. The molecule has 2 unspecified atom stereocenters. The van der Waals surface area contributed by atoms with E-state index in [0.29, 0.717) is 28.9 Å². The molecule has 1 aliphatic heterocycles. The Bertz CT molecular complexity index is 513. The second-order valence-corrected chi connectivity index (χ2v) is 6.16. The van der Waals surface area contributed by atoms with Gasteiger partial charge in [-0.15, -0.1) is 11.8 Å². The van der Waals surface area contributed by atoms with Crippen molar-refractivity contribution in [2.45, 2.75) is 17.4 Å². The lowest BCUT2D eigenvalue weighted by Crippen LogP contribution is -2.21. The van der Waals surface area contributed by atoms with E-state index in [0.717, 1.165) is 18.5 Å². The van der Waals surface area contributed by atoms with E-state index in [1.807, 2.05) is 13.3 Å². The highest BCUT2D eigenvalue weighted by molar-refractivity contribution is 7.98. The molecule has 0 aromatic heterocycles. The maximum atomic E-state index is 14.4. The first-order chi connectivity index (χ1) is 10.1. The van der Waals surface area contributed by atoms with Crippen LogP contribution in [-0.2, 0) is 0 Å². The van der Waals surface area contributed by atoms with Crippen molar-refractivity contribution in [3.05, 3.63) is 17.4 Å². The van der Waals surface area contributed by atoms with Crippen LogP contribution in [-0.4, -0.2) is 45.5 Å². The van der Waals surface area contributed by atoms with Crippen LogP contribution in [0.5, 0.6) is 11.5 Å². The van der Waals surface area contributed by atoms with Crippen molar-refractivity contribution < 1.29 is 13.9 Å². The third kappa shape index (κ3) is 2.98. The number of nitrogens with zero attached hydrogens (tertiary/aromatic N) is 1. The van der Waals surface area contributed by atoms with Crippen LogP contribution < -0.4 is 15.2 Å². The lowest BCUT2D eigenvalue weighted by Gasteiger charge is -2.24. The van der Waals surface area contributed by atoms with E-state index < -0.39 is 0 Å². The summed E-state index contributed by atoms with van der Waals surface area (Å²) >= 11 is 1.32. The standard InChI is InChI=1S/C15H23FN2O2S/c1-18-8-9(7-17)5-12(18)10-6-11(16)15(21-4)14(20-3)13(10)19-2/h6,9,12H,5,7-8,17H2,1-4H3. The van der Waals surface area contributed by atoms with Crippen LogP contribution >= 0.6 is 11.8 Å². The Morgan fingerprint density at radius 2 is 2.05 bits per heavy atom. The Labute approximate surface area is 129 Å². The van der Waals surface area contributed by atoms with Gasteiger partial charge in [0.2, 0.25) is 0 Å². The number of hydrogen-bond acceptors (Lipinski definition) is 5. The Balaban J connectivity index is 2.51. The van der Waals surface area contributed by atoms with Gasteiger partial charge < -0.3 is 15.2 Å². The number of methoxy groups -OCH3 is 2. The second kappa shape index (κ2) is 6.85. The van der Waals surface area contributed by atoms with Crippen molar-refractivity contribution in [3.8, 4) is 11.5 Å². The Kier molecular flexibility index (Phi) is 5.35. The van der Waals surface area contributed by atoms with E-state index >= 15 is 0 Å². The van der Waals surface area contributed by atoms with E-state index in [2.05, 4.69) is 4.90 Å². The molecule has 0 aliphatic carbocycles. The van der Waals surface area contributed by atoms with Crippen LogP contribution in [0.4, 0.5) is 4.39 Å². The molecule has 1 aliphatic rings. The average molecular weight is 314 g/mol. The van der Waals surface area contributed by atoms with E-state index in [1.165, 1.54) is 11.8 Å². The molecule has 0 spiro atoms. The van der Waals surface area contributed by atoms with Crippen molar-refractivity contribution in [1.29, 1.82) is 0 Å². The fourth-order valence-electron chi connectivity index (χ4n) is 3.08. The minimum atomic E-state index is -0.264. The van der Waals surface area contributed by atoms with Gasteiger partial charge in [-0.1, -0.05) is 0 Å². The Morgan fingerprint density at radius 3 is 2.52 bits per heavy atom. The molecule has 1 saturated heterocycles. The zero-order chi connectivity index (χ0) is 15.6. The van der Waals surface area contributed by atoms with Crippen molar-refractivity contribution in [1.82, 2.24) is 4.90 Å². The molecular formula is C15H23FN2O2S. The lowest BCUT2D eigenvalue weighted by molar-refractivity contribution is 0.291. The van der Waals surface area contributed by atoms with Crippen LogP contribution in [0.3, 0.4) is 0 Å². The number of rotatable bonds is 5. The summed E-state index contributed by atoms with van der Waals surface area (Å²) in [5.41, 5.74) is 6.61. The van der Waals surface area contributed by atoms with Crippen LogP contribution in [0.25, 0.3) is 0 Å². The number of nitrogens with two attached hydrogens (primary N) is 1. The fraction of sp³-hybridized carbons (Fsp3) is 0.600. The largest absolute Gasteiger partial charge is 0.492 e. The summed E-state index contributed by atoms with van der Waals surface area (Å²) in [6, 6.07) is 1.68. The summed E-state index contributed by atoms with van der Waals surface area (Å²) in [7, 11) is 5.17. The Morgan fingerprint density at radius 1 is 1.38 bits per heavy atom. The minimum Gasteiger partial charge on any atom is -0.492 e. The van der Waals surface area contributed by atoms with Crippen LogP contribution in [0.1, 0.15) is 18.0 Å². The molecule has 1 fully saturated rings. The summed E-state index contributed by atoms with van der Waals surface area (Å²) in [6.07, 6.45) is 2.73. The van der Waals surface area contributed by atoms with E-state index in [1.54, 1.807) is 20.3 Å². The van der Waals surface area contributed by atoms with Crippen LogP contribution in [0, 0.1) is 11.7 Å². The fourth-order valence-corrected chi connectivity index (χ4v) is 3.70. The van der Waals surface area contributed by atoms with Gasteiger partial charge in [0.25, 0.3) is 0 Å². The molecule has 0 radical (unpaired) electrons. The Hall–Kier alpha value is -0.980. The number of thioether (sulfide) groups is 1. The number of ether oxygens (including phenoxy) is 2. The first kappa shape index (κ1) is 16.4. The highest BCUT2D eigenvalue weighted by Gasteiger charge is 2.34. The third-order valence-electron chi connectivity index (χ3n) is 4.11. The van der Waals surface area contributed by atoms with E-state index in [9.17, 15) is 4.39 Å². The van der Waals surface area contributed by atoms with Gasteiger partial charge in [0.15, 0.2) is 11.5 Å². The number of likely N-dealkylation sites (tertiary alicyclic amines) is 1. The monoisotopic (exact) mass is 314 g/mol. The average Bonchev–Trinajstić information content (AvgIpc) is 2.86. The topological polar surface area (TPSA) is 47.7 Å². The third-order valence-corrected chi connectivity index (χ3v) is 4.90. The summed E-state index contributed by atoms with van der Waals surface area (Å²) < 4.78 is 25.3. The van der Waals surface area contributed by atoms with Gasteiger partial charge in [0.05, 0.1) is 19.1 Å². The number of benzene rings is 1. The normalized spacial score (nSPS) is 22.6. The van der Waals surface area contributed by atoms with Crippen molar-refractivity contribution in [3.63, 3.8) is 0 Å². The molecular weight excluding hydrogens is 291 g/mol. The molecule has 1 heterocycles. The smallest absolute Gasteiger partial charge is 0.177 e. The lowest BCUT2D eigenvalue weighted by atomic mass is 9.98. The van der Waals surface area contributed by atoms with Crippen molar-refractivity contribution in [2.24, 2.45) is 11.7 Å². The molecule has 1 aromatic rings. The van der Waals surface area contributed by atoms with Gasteiger partial charge in [-0.25, -0.2) is 4.39 Å². The zero-order valence-corrected chi connectivity index (χ0v) is 13.8. The van der Waals surface area contributed by atoms with E-state index in [4.69, 9.17) is 15.2 Å². The van der Waals surface area contributed by atoms with Gasteiger partial charge in [0.1, 0.15) is 5.82 Å². The van der Waals surface area contributed by atoms with Gasteiger partial charge >= 0.3 is 0 Å². The predicted molar refractivity (Wildman–Crippen MR) is 83.8 cm³/mol. The first-order valence-electron chi connectivity index (χ1n) is 6.96. The molecule has 0 amide bonds. The van der Waals surface area contributed by atoms with E-state index in [-0.39, 0.29) is 11.9 Å². The molecule has 2 rings (SSSR count). The maximum absolute atomic E-state index is 14.4. The summed E-state index contributed by atoms with van der Waals surface area (Å²) in [5.74, 6) is 1.26. The maximum Gasteiger partial charge on any atom is 0.177 e. The SMILES string of the molecule is COc1c(C2CC(CN)CN2C)cc(F)c(SC)c1OC. The second-order valence-electron chi connectivity index (χ2n) is 5.34. The molecule has 0 bridgehead atoms. The van der Waals surface area contributed by atoms with Gasteiger partial charge in [-0.2, -0.15) is 0 Å². The molecule has 2 N–H and O–H groups in total. The highest BCUT2D eigenvalue weighted by Crippen LogP contribution is 2.47. The molecule has 1 aromatic carbocycles. The summed E-state index contributed by atoms with van der Waals surface area (Å²) in [4.78, 5) is 2.68. The highest BCUT2D eigenvalue weighted by atomic mass is 32.2. The first-order valence-corrected chi connectivity index (χ1v) is 8.18. The molecule has 2 atom stereocenters. The molecule has 0 saturated carbocycles. The van der Waals surface area contributed by atoms with Crippen LogP contribution in [0.15, 0.2) is 11.0 Å². The van der Waals surface area contributed by atoms with Gasteiger partial charge in [-0.3, -0.25) is 4.90 Å². The number of halogens is 1. The van der Waals surface area contributed by atoms with Crippen LogP contribution in [0.2, 0.25) is 0 Å². The van der Waals surface area contributed by atoms with Crippen molar-refractivity contribution >= 4 is 11.8 Å². The number of hydrogen-bond donors (Lipinski definition) is 1. The van der Waals surface area contributed by atoms with Gasteiger partial charge in [0, 0.05) is 18.2 Å². The predicted octanol–water partition coefficient (Wildman–Crippen LogP) is 2.52. The van der Waals surface area contributed by atoms with Crippen molar-refractivity contribution in [2.75, 3.05) is 40.6 Å². The summed E-state index contributed by atoms with van der Waals surface area (Å²) in [5, 5.41) is 0. The molecule has 6 heteroatoms. The molecule has 21 heavy (non-hydrogen) atoms. The zero-order valence-electron chi connectivity index (χ0n) is 13.0. The van der Waals surface area contributed by atoms with Gasteiger partial charge in [-0.05, 0) is 38.3 Å². The quantitative estimate of drug-likeness (QED) is 0.846.